The number of benzene rings is 4. The number of rotatable bonds is 12. The molecule has 0 amide bonds. The van der Waals surface area contributed by atoms with Crippen molar-refractivity contribution in [2.45, 2.75) is 92.1 Å². The zero-order valence-electron chi connectivity index (χ0n) is 28.2. The minimum Gasteiger partial charge on any atom is -0.488 e. The summed E-state index contributed by atoms with van der Waals surface area (Å²) in [5, 5.41) is 5.33. The molecule has 0 atom stereocenters. The van der Waals surface area contributed by atoms with Gasteiger partial charge in [-0.05, 0) is 109 Å². The van der Waals surface area contributed by atoms with Gasteiger partial charge in [-0.3, -0.25) is 9.78 Å². The summed E-state index contributed by atoms with van der Waals surface area (Å²) < 4.78 is 6.23. The summed E-state index contributed by atoms with van der Waals surface area (Å²) in [6.45, 7) is 21.0. The molecular weight excluding hydrogens is 566 g/mol. The van der Waals surface area contributed by atoms with Gasteiger partial charge in [0.1, 0.15) is 11.4 Å². The summed E-state index contributed by atoms with van der Waals surface area (Å²) in [5.74, 6) is 3.50. The molecule has 0 fully saturated rings. The van der Waals surface area contributed by atoms with Crippen molar-refractivity contribution in [3.8, 4) is 39.9 Å². The number of ether oxygens (including phenoxy) is 1. The second kappa shape index (κ2) is 14.3. The third kappa shape index (κ3) is 9.64. The number of hydrogen-bond donors (Lipinski definition) is 1. The molecule has 240 valence electrons. The van der Waals surface area contributed by atoms with E-state index in [9.17, 15) is 0 Å². The lowest BCUT2D eigenvalue weighted by Gasteiger charge is -2.24. The highest BCUT2D eigenvalue weighted by Crippen LogP contribution is 2.41. The fourth-order valence-corrected chi connectivity index (χ4v) is 4.57. The van der Waals surface area contributed by atoms with Gasteiger partial charge in [0.05, 0.1) is 0 Å². The van der Waals surface area contributed by atoms with Crippen LogP contribution in [0.3, 0.4) is 0 Å². The van der Waals surface area contributed by atoms with E-state index in [1.807, 2.05) is 87.5 Å². The van der Waals surface area contributed by atoms with Crippen molar-refractivity contribution < 1.29 is 29.2 Å². The van der Waals surface area contributed by atoms with Gasteiger partial charge in [0.15, 0.2) is 23.0 Å². The molecule has 1 N–H and O–H groups in total. The molecule has 0 bridgehead atoms. The van der Waals surface area contributed by atoms with Crippen LogP contribution < -0.4 is 29.8 Å². The van der Waals surface area contributed by atoms with Crippen molar-refractivity contribution in [3.05, 3.63) is 102 Å². The Morgan fingerprint density at radius 1 is 0.556 bits per heavy atom. The quantitative estimate of drug-likeness (QED) is 0.126. The fourth-order valence-electron chi connectivity index (χ4n) is 4.57. The molecule has 0 aliphatic heterocycles. The zero-order valence-corrected chi connectivity index (χ0v) is 28.2. The first-order valence-electron chi connectivity index (χ1n) is 15.5. The van der Waals surface area contributed by atoms with Gasteiger partial charge in [0.2, 0.25) is 0 Å². The standard InChI is InChI=1S/C38H47NO6/c1-25(2)27-13-11-15-31(21-27)41-39-42-35-19-17-29(37(5,6)7)23-33(35)34-24-30(40-38(8,9)10)18-20-36(34)44-45-43-32-16-12-14-28(22-32)26(3)4/h11-26,39H,1-10H3. The zero-order chi connectivity index (χ0) is 32.8. The Morgan fingerprint density at radius 3 is 1.78 bits per heavy atom. The van der Waals surface area contributed by atoms with Gasteiger partial charge < -0.3 is 14.4 Å². The molecule has 7 nitrogen and oxygen atoms in total. The average Bonchev–Trinajstić information content (AvgIpc) is 2.97. The van der Waals surface area contributed by atoms with Crippen molar-refractivity contribution >= 4 is 0 Å². The third-order valence-corrected chi connectivity index (χ3v) is 7.13. The van der Waals surface area contributed by atoms with Crippen LogP contribution in [0.4, 0.5) is 0 Å². The van der Waals surface area contributed by atoms with Gasteiger partial charge >= 0.3 is 0 Å². The van der Waals surface area contributed by atoms with Crippen molar-refractivity contribution in [2.24, 2.45) is 0 Å². The molecule has 4 aromatic rings. The summed E-state index contributed by atoms with van der Waals surface area (Å²) in [6.07, 6.45) is 0. The van der Waals surface area contributed by atoms with Crippen molar-refractivity contribution in [1.82, 2.24) is 5.64 Å². The summed E-state index contributed by atoms with van der Waals surface area (Å²) in [6, 6.07) is 27.2. The second-order valence-corrected chi connectivity index (χ2v) is 13.8. The predicted octanol–water partition coefficient (Wildman–Crippen LogP) is 10.3. The fraction of sp³-hybridized carbons (Fsp3) is 0.368. The van der Waals surface area contributed by atoms with Crippen LogP contribution in [-0.4, -0.2) is 5.60 Å². The van der Waals surface area contributed by atoms with Crippen molar-refractivity contribution in [1.29, 1.82) is 0 Å². The Kier molecular flexibility index (Phi) is 10.7. The molecule has 0 saturated heterocycles. The largest absolute Gasteiger partial charge is 0.488 e. The van der Waals surface area contributed by atoms with Crippen LogP contribution in [0.25, 0.3) is 11.1 Å². The monoisotopic (exact) mass is 613 g/mol. The van der Waals surface area contributed by atoms with E-state index < -0.39 is 5.60 Å². The topological polar surface area (TPSA) is 67.4 Å². The van der Waals surface area contributed by atoms with Crippen LogP contribution in [0.5, 0.6) is 28.7 Å². The SMILES string of the molecule is CC(C)c1cccc(ONOc2ccc(C(C)(C)C)cc2-c2cc(OC(C)(C)C)ccc2OOOc2cccc(C(C)C)c2)c1. The van der Waals surface area contributed by atoms with Gasteiger partial charge in [-0.2, -0.15) is 0 Å². The van der Waals surface area contributed by atoms with Crippen LogP contribution in [0.15, 0.2) is 84.9 Å². The first-order chi connectivity index (χ1) is 21.2. The summed E-state index contributed by atoms with van der Waals surface area (Å²) in [5.41, 5.74) is 6.96. The molecule has 0 aromatic heterocycles. The summed E-state index contributed by atoms with van der Waals surface area (Å²) in [7, 11) is 0. The molecule has 7 heteroatoms. The first-order valence-corrected chi connectivity index (χ1v) is 15.5. The number of hydrogen-bond acceptors (Lipinski definition) is 7. The van der Waals surface area contributed by atoms with Crippen LogP contribution in [0.2, 0.25) is 0 Å². The molecule has 0 aliphatic rings. The van der Waals surface area contributed by atoms with Crippen LogP contribution >= 0.6 is 0 Å². The molecule has 0 unspecified atom stereocenters. The molecule has 4 aromatic carbocycles. The molecule has 0 heterocycles. The van der Waals surface area contributed by atoms with Gasteiger partial charge in [0, 0.05) is 21.8 Å². The maximum Gasteiger partial charge on any atom is 0.177 e. The maximum atomic E-state index is 6.23. The molecule has 4 rings (SSSR count). The van der Waals surface area contributed by atoms with Gasteiger partial charge in [-0.15, -0.1) is 0 Å². The highest BCUT2D eigenvalue weighted by Gasteiger charge is 2.22. The van der Waals surface area contributed by atoms with Gasteiger partial charge in [-0.25, -0.2) is 0 Å². The second-order valence-electron chi connectivity index (χ2n) is 13.8. The molecule has 45 heavy (non-hydrogen) atoms. The Balaban J connectivity index is 1.67. The van der Waals surface area contributed by atoms with Gasteiger partial charge in [-0.1, -0.05) is 78.8 Å². The minimum absolute atomic E-state index is 0.129. The van der Waals surface area contributed by atoms with E-state index in [0.717, 1.165) is 16.7 Å². The highest BCUT2D eigenvalue weighted by atomic mass is 17.5. The van der Waals surface area contributed by atoms with Crippen LogP contribution in [-0.2, 0) is 10.5 Å². The normalized spacial score (nSPS) is 11.9. The van der Waals surface area contributed by atoms with Gasteiger partial charge in [0.25, 0.3) is 0 Å². The van der Waals surface area contributed by atoms with Crippen LogP contribution in [0, 0.1) is 0 Å². The molecular formula is C38H47NO6. The lowest BCUT2D eigenvalue weighted by molar-refractivity contribution is -0.411. The Hall–Kier alpha value is -4.20. The van der Waals surface area contributed by atoms with Crippen molar-refractivity contribution in [3.63, 3.8) is 0 Å². The van der Waals surface area contributed by atoms with Crippen molar-refractivity contribution in [2.75, 3.05) is 0 Å². The minimum atomic E-state index is -0.410. The predicted molar refractivity (Wildman–Crippen MR) is 179 cm³/mol. The maximum absolute atomic E-state index is 6.23. The van der Waals surface area contributed by atoms with E-state index in [1.54, 1.807) is 6.07 Å². The Morgan fingerprint density at radius 2 is 1.16 bits per heavy atom. The van der Waals surface area contributed by atoms with Crippen LogP contribution in [0.1, 0.15) is 97.8 Å². The lowest BCUT2D eigenvalue weighted by Crippen LogP contribution is -2.23. The smallest absolute Gasteiger partial charge is 0.177 e. The summed E-state index contributed by atoms with van der Waals surface area (Å²) in [4.78, 5) is 23.1. The molecule has 0 spiro atoms. The lowest BCUT2D eigenvalue weighted by atomic mass is 9.85. The third-order valence-electron chi connectivity index (χ3n) is 7.13. The first kappa shape index (κ1) is 33.7. The summed E-state index contributed by atoms with van der Waals surface area (Å²) >= 11 is 0. The number of nitrogens with one attached hydrogen (secondary N) is 1. The molecule has 0 radical (unpaired) electrons. The van der Waals surface area contributed by atoms with E-state index in [0.29, 0.717) is 46.1 Å². The average molecular weight is 614 g/mol. The van der Waals surface area contributed by atoms with E-state index in [4.69, 9.17) is 29.2 Å². The van der Waals surface area contributed by atoms with E-state index in [-0.39, 0.29) is 5.41 Å². The van der Waals surface area contributed by atoms with E-state index >= 15 is 0 Å². The Bertz CT molecular complexity index is 1570. The van der Waals surface area contributed by atoms with E-state index in [1.165, 1.54) is 5.56 Å². The molecule has 0 aliphatic carbocycles. The molecule has 0 saturated carbocycles. The van der Waals surface area contributed by atoms with E-state index in [2.05, 4.69) is 66.2 Å². The Labute approximate surface area is 268 Å². The highest BCUT2D eigenvalue weighted by molar-refractivity contribution is 5.78.